The Hall–Kier alpha value is -2.34. The molecule has 1 aromatic carbocycles. The van der Waals surface area contributed by atoms with E-state index in [0.717, 1.165) is 29.3 Å². The van der Waals surface area contributed by atoms with Crippen LogP contribution in [0.4, 0.5) is 0 Å². The summed E-state index contributed by atoms with van der Waals surface area (Å²) in [5, 5.41) is 10.0. The molecule has 0 unspecified atom stereocenters. The van der Waals surface area contributed by atoms with E-state index in [9.17, 15) is 9.59 Å². The van der Waals surface area contributed by atoms with Gasteiger partial charge < -0.3 is 19.7 Å². The van der Waals surface area contributed by atoms with Crippen molar-refractivity contribution in [3.05, 3.63) is 36.0 Å². The fourth-order valence-electron chi connectivity index (χ4n) is 3.27. The molecule has 3 rings (SSSR count). The van der Waals surface area contributed by atoms with Gasteiger partial charge in [0, 0.05) is 42.9 Å². The van der Waals surface area contributed by atoms with Crippen molar-refractivity contribution in [2.24, 2.45) is 0 Å². The van der Waals surface area contributed by atoms with Crippen molar-refractivity contribution in [1.29, 1.82) is 0 Å². The van der Waals surface area contributed by atoms with E-state index >= 15 is 0 Å². The third kappa shape index (κ3) is 3.76. The Morgan fingerprint density at radius 2 is 2.00 bits per heavy atom. The lowest BCUT2D eigenvalue weighted by atomic mass is 10.0. The number of amides is 1. The Balaban J connectivity index is 1.75. The molecule has 1 amide bonds. The quantitative estimate of drug-likeness (QED) is 0.850. The van der Waals surface area contributed by atoms with Crippen LogP contribution in [0.15, 0.2) is 30.5 Å². The van der Waals surface area contributed by atoms with Crippen molar-refractivity contribution in [2.75, 3.05) is 19.8 Å². The first kappa shape index (κ1) is 16.5. The zero-order valence-corrected chi connectivity index (χ0v) is 13.5. The Morgan fingerprint density at radius 3 is 2.75 bits per heavy atom. The molecular formula is C18H22N2O4. The van der Waals surface area contributed by atoms with Crippen LogP contribution >= 0.6 is 0 Å². The highest BCUT2D eigenvalue weighted by atomic mass is 16.5. The van der Waals surface area contributed by atoms with Gasteiger partial charge in [-0.1, -0.05) is 18.2 Å². The molecule has 128 valence electrons. The van der Waals surface area contributed by atoms with Crippen molar-refractivity contribution in [2.45, 2.75) is 31.7 Å². The first-order valence-corrected chi connectivity index (χ1v) is 8.29. The second-order valence-corrected chi connectivity index (χ2v) is 6.11. The van der Waals surface area contributed by atoms with Crippen molar-refractivity contribution in [3.63, 3.8) is 0 Å². The maximum Gasteiger partial charge on any atom is 0.305 e. The number of rotatable bonds is 6. The van der Waals surface area contributed by atoms with Crippen molar-refractivity contribution < 1.29 is 19.4 Å². The normalized spacial score (nSPS) is 15.5. The van der Waals surface area contributed by atoms with Crippen LogP contribution in [0.25, 0.3) is 10.9 Å². The van der Waals surface area contributed by atoms with Crippen LogP contribution in [0.1, 0.15) is 24.8 Å². The molecule has 1 saturated heterocycles. The number of ether oxygens (including phenoxy) is 1. The van der Waals surface area contributed by atoms with Gasteiger partial charge in [-0.3, -0.25) is 9.59 Å². The molecule has 6 nitrogen and oxygen atoms in total. The second kappa shape index (κ2) is 7.49. The highest BCUT2D eigenvalue weighted by Crippen LogP contribution is 2.21. The van der Waals surface area contributed by atoms with Gasteiger partial charge in [0.1, 0.15) is 0 Å². The molecule has 2 heterocycles. The molecule has 2 aromatic rings. The first-order valence-electron chi connectivity index (χ1n) is 8.29. The van der Waals surface area contributed by atoms with E-state index in [-0.39, 0.29) is 31.3 Å². The SMILES string of the molecule is O=C(O)CCN(C(=O)Cc1c[nH]c2ccccc12)C1CCOCC1. The van der Waals surface area contributed by atoms with Gasteiger partial charge in [-0.25, -0.2) is 0 Å². The lowest BCUT2D eigenvalue weighted by Crippen LogP contribution is -2.45. The van der Waals surface area contributed by atoms with Crippen molar-refractivity contribution >= 4 is 22.8 Å². The van der Waals surface area contributed by atoms with E-state index in [1.54, 1.807) is 4.90 Å². The van der Waals surface area contributed by atoms with E-state index in [0.29, 0.717) is 13.2 Å². The van der Waals surface area contributed by atoms with Crippen LogP contribution in [-0.4, -0.2) is 52.7 Å². The monoisotopic (exact) mass is 330 g/mol. The number of aromatic amines is 1. The number of carboxylic acids is 1. The van der Waals surface area contributed by atoms with Crippen LogP contribution in [0, 0.1) is 0 Å². The molecule has 0 aliphatic carbocycles. The van der Waals surface area contributed by atoms with Gasteiger partial charge in [0.25, 0.3) is 0 Å². The lowest BCUT2D eigenvalue weighted by molar-refractivity contribution is -0.140. The third-order valence-electron chi connectivity index (χ3n) is 4.54. The van der Waals surface area contributed by atoms with Gasteiger partial charge in [0.05, 0.1) is 12.8 Å². The van der Waals surface area contributed by atoms with E-state index in [2.05, 4.69) is 4.98 Å². The number of hydrogen-bond acceptors (Lipinski definition) is 3. The Morgan fingerprint density at radius 1 is 1.25 bits per heavy atom. The number of carboxylic acid groups (broad SMARTS) is 1. The number of carbonyl (C=O) groups is 2. The third-order valence-corrected chi connectivity index (χ3v) is 4.54. The summed E-state index contributed by atoms with van der Waals surface area (Å²) in [7, 11) is 0. The fraction of sp³-hybridized carbons (Fsp3) is 0.444. The molecule has 6 heteroatoms. The number of nitrogens with one attached hydrogen (secondary N) is 1. The largest absolute Gasteiger partial charge is 0.481 e. The molecule has 1 aromatic heterocycles. The lowest BCUT2D eigenvalue weighted by Gasteiger charge is -2.34. The summed E-state index contributed by atoms with van der Waals surface area (Å²) in [5.74, 6) is -0.903. The Labute approximate surface area is 140 Å². The number of carbonyl (C=O) groups excluding carboxylic acids is 1. The summed E-state index contributed by atoms with van der Waals surface area (Å²) in [6.45, 7) is 1.49. The van der Waals surface area contributed by atoms with Gasteiger partial charge in [-0.2, -0.15) is 0 Å². The van der Waals surface area contributed by atoms with Gasteiger partial charge in [-0.05, 0) is 24.5 Å². The van der Waals surface area contributed by atoms with E-state index in [1.165, 1.54) is 0 Å². The number of para-hydroxylation sites is 1. The number of fused-ring (bicyclic) bond motifs is 1. The highest BCUT2D eigenvalue weighted by molar-refractivity contribution is 5.89. The van der Waals surface area contributed by atoms with Crippen LogP contribution < -0.4 is 0 Å². The molecule has 0 bridgehead atoms. The van der Waals surface area contributed by atoms with Gasteiger partial charge >= 0.3 is 5.97 Å². The summed E-state index contributed by atoms with van der Waals surface area (Å²) < 4.78 is 5.36. The molecule has 2 N–H and O–H groups in total. The molecule has 0 radical (unpaired) electrons. The average Bonchev–Trinajstić information content (AvgIpc) is 2.99. The van der Waals surface area contributed by atoms with Crippen molar-refractivity contribution in [3.8, 4) is 0 Å². The molecule has 0 spiro atoms. The van der Waals surface area contributed by atoms with E-state index in [1.807, 2.05) is 30.5 Å². The van der Waals surface area contributed by atoms with E-state index < -0.39 is 5.97 Å². The molecule has 1 aliphatic rings. The van der Waals surface area contributed by atoms with Crippen LogP contribution in [0.3, 0.4) is 0 Å². The predicted octanol–water partition coefficient (Wildman–Crippen LogP) is 2.19. The maximum atomic E-state index is 12.8. The molecule has 1 aliphatic heterocycles. The maximum absolute atomic E-state index is 12.8. The zero-order chi connectivity index (χ0) is 16.9. The molecular weight excluding hydrogens is 308 g/mol. The number of nitrogens with zero attached hydrogens (tertiary/aromatic N) is 1. The Kier molecular flexibility index (Phi) is 5.15. The van der Waals surface area contributed by atoms with Gasteiger partial charge in [-0.15, -0.1) is 0 Å². The topological polar surface area (TPSA) is 82.6 Å². The molecule has 0 saturated carbocycles. The molecule has 24 heavy (non-hydrogen) atoms. The fourth-order valence-corrected chi connectivity index (χ4v) is 3.27. The van der Waals surface area contributed by atoms with Crippen LogP contribution in [0.5, 0.6) is 0 Å². The standard InChI is InChI=1S/C18H22N2O4/c21-17(11-13-12-19-16-4-2-1-3-15(13)16)20(8-5-18(22)23)14-6-9-24-10-7-14/h1-4,12,14,19H,5-11H2,(H,22,23). The van der Waals surface area contributed by atoms with Gasteiger partial charge in [0.2, 0.25) is 5.91 Å². The minimum atomic E-state index is -0.882. The summed E-state index contributed by atoms with van der Waals surface area (Å²) in [6.07, 6.45) is 3.64. The summed E-state index contributed by atoms with van der Waals surface area (Å²) in [6, 6.07) is 7.93. The van der Waals surface area contributed by atoms with E-state index in [4.69, 9.17) is 9.84 Å². The number of hydrogen-bond donors (Lipinski definition) is 2. The summed E-state index contributed by atoms with van der Waals surface area (Å²) in [4.78, 5) is 28.7. The Bertz CT molecular complexity index is 719. The summed E-state index contributed by atoms with van der Waals surface area (Å²) >= 11 is 0. The second-order valence-electron chi connectivity index (χ2n) is 6.11. The van der Waals surface area contributed by atoms with Crippen molar-refractivity contribution in [1.82, 2.24) is 9.88 Å². The average molecular weight is 330 g/mol. The smallest absolute Gasteiger partial charge is 0.305 e. The molecule has 0 atom stereocenters. The summed E-state index contributed by atoms with van der Waals surface area (Å²) in [5.41, 5.74) is 1.95. The number of H-pyrrole nitrogens is 1. The molecule has 1 fully saturated rings. The minimum Gasteiger partial charge on any atom is -0.481 e. The number of benzene rings is 1. The first-order chi connectivity index (χ1) is 11.6. The number of aromatic nitrogens is 1. The number of aliphatic carboxylic acids is 1. The van der Waals surface area contributed by atoms with Gasteiger partial charge in [0.15, 0.2) is 0 Å². The minimum absolute atomic E-state index is 0.0205. The zero-order valence-electron chi connectivity index (χ0n) is 13.5. The van der Waals surface area contributed by atoms with Crippen LogP contribution in [-0.2, 0) is 20.7 Å². The van der Waals surface area contributed by atoms with Crippen LogP contribution in [0.2, 0.25) is 0 Å². The predicted molar refractivity (Wildman–Crippen MR) is 89.8 cm³/mol. The highest BCUT2D eigenvalue weighted by Gasteiger charge is 2.26.